The molecule has 0 aliphatic carbocycles. The van der Waals surface area contributed by atoms with Crippen molar-refractivity contribution in [2.75, 3.05) is 12.4 Å². The van der Waals surface area contributed by atoms with Crippen LogP contribution in [-0.2, 0) is 11.3 Å². The number of hydrogen-bond acceptors (Lipinski definition) is 5. The Morgan fingerprint density at radius 1 is 1.25 bits per heavy atom. The van der Waals surface area contributed by atoms with E-state index in [-0.39, 0.29) is 11.2 Å². The Bertz CT molecular complexity index is 976. The number of rotatable bonds is 7. The van der Waals surface area contributed by atoms with Gasteiger partial charge in [-0.1, -0.05) is 45.9 Å². The topological polar surface area (TPSA) is 69.0 Å². The normalized spacial score (nSPS) is 11.9. The number of halogens is 1. The molecule has 0 aliphatic heterocycles. The lowest BCUT2D eigenvalue weighted by molar-refractivity contribution is -0.115. The average Bonchev–Trinajstić information content (AvgIpc) is 3.10. The average molecular weight is 461 g/mol. The van der Waals surface area contributed by atoms with Crippen molar-refractivity contribution in [1.29, 1.82) is 0 Å². The summed E-state index contributed by atoms with van der Waals surface area (Å²) in [7, 11) is 1.63. The van der Waals surface area contributed by atoms with Crippen LogP contribution in [0.2, 0.25) is 0 Å². The van der Waals surface area contributed by atoms with E-state index in [1.807, 2.05) is 66.9 Å². The number of methoxy groups -OCH3 is 1. The number of anilines is 1. The van der Waals surface area contributed by atoms with Gasteiger partial charge in [0.1, 0.15) is 5.75 Å². The standard InChI is InChI=1S/C20H21BrN4O2S/c1-4-25-18(16-10-5-6-11-17(16)27-3)23-24-20(25)28-13(2)19(26)22-15-9-7-8-14(21)12-15/h5-13H,4H2,1-3H3,(H,22,26). The number of thioether (sulfide) groups is 1. The molecule has 1 N–H and O–H groups in total. The van der Waals surface area contributed by atoms with Crippen molar-refractivity contribution in [2.24, 2.45) is 0 Å². The third kappa shape index (κ3) is 4.56. The first-order chi connectivity index (χ1) is 13.5. The zero-order chi connectivity index (χ0) is 20.1. The van der Waals surface area contributed by atoms with Crippen molar-refractivity contribution in [1.82, 2.24) is 14.8 Å². The Balaban J connectivity index is 1.79. The van der Waals surface area contributed by atoms with Crippen molar-refractivity contribution in [3.63, 3.8) is 0 Å². The highest BCUT2D eigenvalue weighted by Gasteiger charge is 2.21. The number of carbonyl (C=O) groups is 1. The van der Waals surface area contributed by atoms with Crippen molar-refractivity contribution in [3.8, 4) is 17.1 Å². The molecule has 28 heavy (non-hydrogen) atoms. The zero-order valence-corrected chi connectivity index (χ0v) is 18.3. The second kappa shape index (κ2) is 9.25. The van der Waals surface area contributed by atoms with Crippen LogP contribution in [0.3, 0.4) is 0 Å². The highest BCUT2D eigenvalue weighted by molar-refractivity contribution is 9.10. The summed E-state index contributed by atoms with van der Waals surface area (Å²) >= 11 is 4.79. The fraction of sp³-hybridized carbons (Fsp3) is 0.250. The third-order valence-corrected chi connectivity index (χ3v) is 5.70. The van der Waals surface area contributed by atoms with Gasteiger partial charge in [-0.3, -0.25) is 4.79 Å². The molecule has 146 valence electrons. The first-order valence-electron chi connectivity index (χ1n) is 8.83. The number of nitrogens with one attached hydrogen (secondary N) is 1. The minimum atomic E-state index is -0.334. The van der Waals surface area contributed by atoms with Crippen molar-refractivity contribution in [3.05, 3.63) is 53.0 Å². The van der Waals surface area contributed by atoms with Gasteiger partial charge in [0, 0.05) is 16.7 Å². The molecule has 0 fully saturated rings. The molecule has 0 bridgehead atoms. The molecule has 2 aromatic carbocycles. The first-order valence-corrected chi connectivity index (χ1v) is 10.5. The van der Waals surface area contributed by atoms with Gasteiger partial charge in [-0.15, -0.1) is 10.2 Å². The molecule has 0 spiro atoms. The van der Waals surface area contributed by atoms with E-state index in [9.17, 15) is 4.79 Å². The number of benzene rings is 2. The maximum atomic E-state index is 12.6. The Kier molecular flexibility index (Phi) is 6.74. The van der Waals surface area contributed by atoms with Gasteiger partial charge >= 0.3 is 0 Å². The molecule has 1 atom stereocenters. The number of aromatic nitrogens is 3. The Labute approximate surface area is 176 Å². The van der Waals surface area contributed by atoms with Gasteiger partial charge in [-0.2, -0.15) is 0 Å². The number of hydrogen-bond donors (Lipinski definition) is 1. The largest absolute Gasteiger partial charge is 0.496 e. The number of amides is 1. The molecule has 0 aliphatic rings. The summed E-state index contributed by atoms with van der Waals surface area (Å²) in [5.41, 5.74) is 1.62. The van der Waals surface area contributed by atoms with Gasteiger partial charge in [0.25, 0.3) is 0 Å². The fourth-order valence-corrected chi connectivity index (χ4v) is 4.02. The molecular formula is C20H21BrN4O2S. The number of para-hydroxylation sites is 1. The molecular weight excluding hydrogens is 440 g/mol. The van der Waals surface area contributed by atoms with Crippen LogP contribution in [0.1, 0.15) is 13.8 Å². The van der Waals surface area contributed by atoms with Gasteiger partial charge in [0.05, 0.1) is 17.9 Å². The minimum absolute atomic E-state index is 0.0902. The molecule has 1 heterocycles. The maximum absolute atomic E-state index is 12.6. The third-order valence-electron chi connectivity index (χ3n) is 4.12. The molecule has 1 unspecified atom stereocenters. The van der Waals surface area contributed by atoms with Crippen molar-refractivity contribution < 1.29 is 9.53 Å². The van der Waals surface area contributed by atoms with Crippen LogP contribution in [0, 0.1) is 0 Å². The smallest absolute Gasteiger partial charge is 0.237 e. The van der Waals surface area contributed by atoms with Crippen molar-refractivity contribution in [2.45, 2.75) is 30.8 Å². The number of ether oxygens (including phenoxy) is 1. The van der Waals surface area contributed by atoms with E-state index >= 15 is 0 Å². The van der Waals surface area contributed by atoms with E-state index in [0.717, 1.165) is 27.3 Å². The maximum Gasteiger partial charge on any atom is 0.237 e. The van der Waals surface area contributed by atoms with Crippen LogP contribution < -0.4 is 10.1 Å². The van der Waals surface area contributed by atoms with Crippen LogP contribution in [0.25, 0.3) is 11.4 Å². The molecule has 1 amide bonds. The summed E-state index contributed by atoms with van der Waals surface area (Å²) in [5, 5.41) is 12.0. The van der Waals surface area contributed by atoms with E-state index in [0.29, 0.717) is 11.7 Å². The van der Waals surface area contributed by atoms with Gasteiger partial charge in [0.15, 0.2) is 11.0 Å². The summed E-state index contributed by atoms with van der Waals surface area (Å²) in [6.45, 7) is 4.57. The van der Waals surface area contributed by atoms with Crippen LogP contribution in [0.4, 0.5) is 5.69 Å². The predicted molar refractivity (Wildman–Crippen MR) is 116 cm³/mol. The lowest BCUT2D eigenvalue weighted by Gasteiger charge is -2.13. The monoisotopic (exact) mass is 460 g/mol. The highest BCUT2D eigenvalue weighted by atomic mass is 79.9. The van der Waals surface area contributed by atoms with E-state index in [4.69, 9.17) is 4.74 Å². The second-order valence-electron chi connectivity index (χ2n) is 6.01. The first kappa shape index (κ1) is 20.4. The van der Waals surface area contributed by atoms with Crippen LogP contribution >= 0.6 is 27.7 Å². The van der Waals surface area contributed by atoms with E-state index in [1.165, 1.54) is 11.8 Å². The molecule has 3 aromatic rings. The molecule has 6 nitrogen and oxygen atoms in total. The van der Waals surface area contributed by atoms with Crippen LogP contribution in [0.15, 0.2) is 58.2 Å². The van der Waals surface area contributed by atoms with Crippen molar-refractivity contribution >= 4 is 39.3 Å². The predicted octanol–water partition coefficient (Wildman–Crippen LogP) is 4.86. The summed E-state index contributed by atoms with van der Waals surface area (Å²) in [6, 6.07) is 15.2. The highest BCUT2D eigenvalue weighted by Crippen LogP contribution is 2.32. The molecule has 0 saturated carbocycles. The SMILES string of the molecule is CCn1c(SC(C)C(=O)Nc2cccc(Br)c2)nnc1-c1ccccc1OC. The van der Waals surface area contributed by atoms with E-state index in [1.54, 1.807) is 7.11 Å². The summed E-state index contributed by atoms with van der Waals surface area (Å²) in [5.74, 6) is 1.37. The van der Waals surface area contributed by atoms with Gasteiger partial charge in [0.2, 0.25) is 5.91 Å². The van der Waals surface area contributed by atoms with Gasteiger partial charge in [-0.25, -0.2) is 0 Å². The number of carbonyl (C=O) groups excluding carboxylic acids is 1. The summed E-state index contributed by atoms with van der Waals surface area (Å²) in [4.78, 5) is 12.6. The Hall–Kier alpha value is -2.32. The minimum Gasteiger partial charge on any atom is -0.496 e. The number of nitrogens with zero attached hydrogens (tertiary/aromatic N) is 3. The van der Waals surface area contributed by atoms with Crippen LogP contribution in [0.5, 0.6) is 5.75 Å². The fourth-order valence-electron chi connectivity index (χ4n) is 2.71. The summed E-state index contributed by atoms with van der Waals surface area (Å²) < 4.78 is 8.35. The van der Waals surface area contributed by atoms with Gasteiger partial charge in [-0.05, 0) is 44.2 Å². The molecule has 3 rings (SSSR count). The zero-order valence-electron chi connectivity index (χ0n) is 15.8. The molecule has 0 saturated heterocycles. The quantitative estimate of drug-likeness (QED) is 0.510. The van der Waals surface area contributed by atoms with Crippen LogP contribution in [-0.4, -0.2) is 33.0 Å². The lowest BCUT2D eigenvalue weighted by Crippen LogP contribution is -2.23. The Morgan fingerprint density at radius 3 is 2.75 bits per heavy atom. The molecule has 1 aromatic heterocycles. The second-order valence-corrected chi connectivity index (χ2v) is 8.23. The van der Waals surface area contributed by atoms with E-state index in [2.05, 4.69) is 31.4 Å². The lowest BCUT2D eigenvalue weighted by atomic mass is 10.2. The summed E-state index contributed by atoms with van der Waals surface area (Å²) in [6.07, 6.45) is 0. The van der Waals surface area contributed by atoms with E-state index < -0.39 is 0 Å². The van der Waals surface area contributed by atoms with Gasteiger partial charge < -0.3 is 14.6 Å². The Morgan fingerprint density at radius 2 is 2.04 bits per heavy atom. The molecule has 8 heteroatoms. The molecule has 0 radical (unpaired) electrons.